The second-order valence-electron chi connectivity index (χ2n) is 7.18. The summed E-state index contributed by atoms with van der Waals surface area (Å²) in [6.07, 6.45) is 6.19. The minimum Gasteiger partial charge on any atom is -0.496 e. The predicted molar refractivity (Wildman–Crippen MR) is 108 cm³/mol. The lowest BCUT2D eigenvalue weighted by Gasteiger charge is -2.31. The fourth-order valence-corrected chi connectivity index (χ4v) is 3.85. The number of ether oxygens (including phenoxy) is 3. The molecule has 0 N–H and O–H groups in total. The highest BCUT2D eigenvalue weighted by Gasteiger charge is 2.27. The second kappa shape index (κ2) is 8.48. The quantitative estimate of drug-likeness (QED) is 0.709. The van der Waals surface area contributed by atoms with Crippen molar-refractivity contribution in [3.05, 3.63) is 59.7 Å². The van der Waals surface area contributed by atoms with E-state index in [1.165, 1.54) is 0 Å². The lowest BCUT2D eigenvalue weighted by atomic mass is 9.90. The number of ketones is 1. The maximum absolute atomic E-state index is 13.0. The summed E-state index contributed by atoms with van der Waals surface area (Å²) in [7, 11) is 1.68. The second-order valence-corrected chi connectivity index (χ2v) is 7.18. The lowest BCUT2D eigenvalue weighted by Crippen LogP contribution is -2.38. The van der Waals surface area contributed by atoms with E-state index in [0.717, 1.165) is 43.8 Å². The Balaban J connectivity index is 1.37. The molecule has 0 radical (unpaired) electrons. The monoisotopic (exact) mass is 379 g/mol. The van der Waals surface area contributed by atoms with Crippen molar-refractivity contribution < 1.29 is 19.0 Å². The maximum atomic E-state index is 13.0. The molecule has 2 aliphatic heterocycles. The topological polar surface area (TPSA) is 48.0 Å². The molecule has 28 heavy (non-hydrogen) atoms. The molecule has 0 spiro atoms. The molecule has 2 aliphatic rings. The number of carbonyl (C=O) groups excluding carboxylic acids is 1. The Labute approximate surface area is 165 Å². The molecule has 146 valence electrons. The first-order chi connectivity index (χ1) is 13.7. The SMILES string of the molecule is COc1ccccc1C=CCN1CCCC(C(=O)c2ccc3c(c2)OCO3)C1. The number of piperidine rings is 1. The zero-order valence-electron chi connectivity index (χ0n) is 16.1. The van der Waals surface area contributed by atoms with Crippen LogP contribution in [-0.2, 0) is 0 Å². The number of methoxy groups -OCH3 is 1. The fraction of sp³-hybridized carbons (Fsp3) is 0.348. The van der Waals surface area contributed by atoms with E-state index in [9.17, 15) is 4.79 Å². The van der Waals surface area contributed by atoms with Crippen LogP contribution < -0.4 is 14.2 Å². The van der Waals surface area contributed by atoms with Gasteiger partial charge in [-0.05, 0) is 43.7 Å². The van der Waals surface area contributed by atoms with E-state index < -0.39 is 0 Å². The van der Waals surface area contributed by atoms with E-state index >= 15 is 0 Å². The van der Waals surface area contributed by atoms with Crippen LogP contribution in [0.3, 0.4) is 0 Å². The predicted octanol–water partition coefficient (Wildman–Crippen LogP) is 4.03. The van der Waals surface area contributed by atoms with E-state index in [4.69, 9.17) is 14.2 Å². The Morgan fingerprint density at radius 1 is 1.21 bits per heavy atom. The van der Waals surface area contributed by atoms with Gasteiger partial charge in [0.1, 0.15) is 5.75 Å². The summed E-state index contributed by atoms with van der Waals surface area (Å²) in [4.78, 5) is 15.3. The Hall–Kier alpha value is -2.79. The number of rotatable bonds is 6. The van der Waals surface area contributed by atoms with Crippen LogP contribution in [0.4, 0.5) is 0 Å². The first-order valence-electron chi connectivity index (χ1n) is 9.70. The van der Waals surface area contributed by atoms with Crippen LogP contribution in [0.15, 0.2) is 48.5 Å². The van der Waals surface area contributed by atoms with Gasteiger partial charge in [0.15, 0.2) is 17.3 Å². The lowest BCUT2D eigenvalue weighted by molar-refractivity contribution is 0.0831. The molecule has 2 heterocycles. The van der Waals surface area contributed by atoms with E-state index in [1.54, 1.807) is 7.11 Å². The van der Waals surface area contributed by atoms with Gasteiger partial charge in [-0.25, -0.2) is 0 Å². The van der Waals surface area contributed by atoms with Gasteiger partial charge in [-0.15, -0.1) is 0 Å². The van der Waals surface area contributed by atoms with Crippen molar-refractivity contribution in [2.75, 3.05) is 33.5 Å². The normalized spacial score (nSPS) is 19.1. The number of nitrogens with zero attached hydrogens (tertiary/aromatic N) is 1. The van der Waals surface area contributed by atoms with Gasteiger partial charge in [-0.3, -0.25) is 9.69 Å². The number of para-hydroxylation sites is 1. The summed E-state index contributed by atoms with van der Waals surface area (Å²) < 4.78 is 16.1. The molecule has 0 aliphatic carbocycles. The van der Waals surface area contributed by atoms with Gasteiger partial charge >= 0.3 is 0 Å². The molecule has 2 aromatic carbocycles. The third-order valence-corrected chi connectivity index (χ3v) is 5.33. The zero-order chi connectivity index (χ0) is 19.3. The molecule has 4 rings (SSSR count). The average molecular weight is 379 g/mol. The summed E-state index contributed by atoms with van der Waals surface area (Å²) in [5.74, 6) is 2.46. The smallest absolute Gasteiger partial charge is 0.231 e. The van der Waals surface area contributed by atoms with Crippen molar-refractivity contribution in [1.82, 2.24) is 4.90 Å². The average Bonchev–Trinajstić information content (AvgIpc) is 3.21. The van der Waals surface area contributed by atoms with E-state index in [2.05, 4.69) is 17.1 Å². The Morgan fingerprint density at radius 2 is 2.07 bits per heavy atom. The molecule has 0 amide bonds. The van der Waals surface area contributed by atoms with Crippen molar-refractivity contribution in [2.45, 2.75) is 12.8 Å². The third kappa shape index (κ3) is 4.04. The molecule has 2 aromatic rings. The van der Waals surface area contributed by atoms with Gasteiger partial charge in [0.25, 0.3) is 0 Å². The number of likely N-dealkylation sites (tertiary alicyclic amines) is 1. The first kappa shape index (κ1) is 18.6. The number of hydrogen-bond donors (Lipinski definition) is 0. The van der Waals surface area contributed by atoms with Crippen LogP contribution in [0.1, 0.15) is 28.8 Å². The standard InChI is InChI=1S/C23H25NO4/c1-26-20-9-3-2-6-17(20)7-4-12-24-13-5-8-19(15-24)23(25)18-10-11-21-22(14-18)28-16-27-21/h2-4,6-7,9-11,14,19H,5,8,12-13,15-16H2,1H3. The minimum absolute atomic E-state index is 0.0220. The molecule has 5 nitrogen and oxygen atoms in total. The molecule has 0 bridgehead atoms. The highest BCUT2D eigenvalue weighted by Crippen LogP contribution is 2.33. The molecule has 0 saturated carbocycles. The third-order valence-electron chi connectivity index (χ3n) is 5.33. The van der Waals surface area contributed by atoms with Gasteiger partial charge in [0.05, 0.1) is 7.11 Å². The molecule has 1 saturated heterocycles. The van der Waals surface area contributed by atoms with Crippen molar-refractivity contribution in [2.24, 2.45) is 5.92 Å². The van der Waals surface area contributed by atoms with Gasteiger partial charge < -0.3 is 14.2 Å². The molecule has 1 unspecified atom stereocenters. The largest absolute Gasteiger partial charge is 0.496 e. The van der Waals surface area contributed by atoms with E-state index in [1.807, 2.05) is 42.5 Å². The van der Waals surface area contributed by atoms with Crippen molar-refractivity contribution in [1.29, 1.82) is 0 Å². The van der Waals surface area contributed by atoms with E-state index in [0.29, 0.717) is 17.1 Å². The summed E-state index contributed by atoms with van der Waals surface area (Å²) in [5, 5.41) is 0. The minimum atomic E-state index is 0.0220. The molecule has 0 aromatic heterocycles. The zero-order valence-corrected chi connectivity index (χ0v) is 16.1. The van der Waals surface area contributed by atoms with Crippen LogP contribution in [0.5, 0.6) is 17.2 Å². The van der Waals surface area contributed by atoms with Crippen LogP contribution >= 0.6 is 0 Å². The number of carbonyl (C=O) groups is 1. The van der Waals surface area contributed by atoms with Crippen molar-refractivity contribution in [3.8, 4) is 17.2 Å². The van der Waals surface area contributed by atoms with Gasteiger partial charge in [0, 0.05) is 30.1 Å². The van der Waals surface area contributed by atoms with Gasteiger partial charge in [-0.2, -0.15) is 0 Å². The number of hydrogen-bond acceptors (Lipinski definition) is 5. The Morgan fingerprint density at radius 3 is 2.96 bits per heavy atom. The van der Waals surface area contributed by atoms with Crippen molar-refractivity contribution in [3.63, 3.8) is 0 Å². The van der Waals surface area contributed by atoms with Gasteiger partial charge in [0.2, 0.25) is 6.79 Å². The van der Waals surface area contributed by atoms with Crippen molar-refractivity contribution >= 4 is 11.9 Å². The molecule has 1 atom stereocenters. The molecular formula is C23H25NO4. The Bertz CT molecular complexity index is 877. The summed E-state index contributed by atoms with van der Waals surface area (Å²) >= 11 is 0. The summed E-state index contributed by atoms with van der Waals surface area (Å²) in [6.45, 7) is 2.84. The molecule has 1 fully saturated rings. The molecular weight excluding hydrogens is 354 g/mol. The number of Topliss-reactive ketones (excluding diaryl/α,β-unsaturated/α-hetero) is 1. The molecule has 5 heteroatoms. The highest BCUT2D eigenvalue weighted by molar-refractivity contribution is 5.98. The van der Waals surface area contributed by atoms with Crippen LogP contribution in [0.25, 0.3) is 6.08 Å². The van der Waals surface area contributed by atoms with Crippen LogP contribution in [0.2, 0.25) is 0 Å². The summed E-state index contributed by atoms with van der Waals surface area (Å²) in [6, 6.07) is 13.4. The maximum Gasteiger partial charge on any atom is 0.231 e. The summed E-state index contributed by atoms with van der Waals surface area (Å²) in [5.41, 5.74) is 1.77. The van der Waals surface area contributed by atoms with Crippen LogP contribution in [0, 0.1) is 5.92 Å². The van der Waals surface area contributed by atoms with E-state index in [-0.39, 0.29) is 18.5 Å². The number of fused-ring (bicyclic) bond motifs is 1. The number of benzene rings is 2. The fourth-order valence-electron chi connectivity index (χ4n) is 3.85. The highest BCUT2D eigenvalue weighted by atomic mass is 16.7. The first-order valence-corrected chi connectivity index (χ1v) is 9.70. The van der Waals surface area contributed by atoms with Gasteiger partial charge in [-0.1, -0.05) is 30.4 Å². The Kier molecular flexibility index (Phi) is 5.63. The van der Waals surface area contributed by atoms with Crippen LogP contribution in [-0.4, -0.2) is 44.2 Å².